The molecule has 166 valence electrons. The van der Waals surface area contributed by atoms with Gasteiger partial charge < -0.3 is 10.4 Å². The first-order chi connectivity index (χ1) is 14.0. The average Bonchev–Trinajstić information content (AvgIpc) is 2.65. The molecule has 2 rings (SSSR count). The van der Waals surface area contributed by atoms with Gasteiger partial charge in [0.05, 0.1) is 12.0 Å². The van der Waals surface area contributed by atoms with Crippen molar-refractivity contribution < 1.29 is 14.7 Å². The summed E-state index contributed by atoms with van der Waals surface area (Å²) >= 11 is 6.64. The Labute approximate surface area is 185 Å². The van der Waals surface area contributed by atoms with Gasteiger partial charge in [-0.1, -0.05) is 58.4 Å². The smallest absolute Gasteiger partial charge is 0.322 e. The number of amides is 2. The minimum atomic E-state index is -0.925. The van der Waals surface area contributed by atoms with Crippen molar-refractivity contribution in [3.8, 4) is 0 Å². The molecule has 0 aliphatic carbocycles. The van der Waals surface area contributed by atoms with Gasteiger partial charge in [-0.2, -0.15) is 0 Å². The third kappa shape index (κ3) is 5.18. The van der Waals surface area contributed by atoms with Gasteiger partial charge in [-0.3, -0.25) is 9.69 Å². The van der Waals surface area contributed by atoms with Gasteiger partial charge in [-0.05, 0) is 60.8 Å². The molecule has 0 aromatic heterocycles. The number of nitrogens with one attached hydrogen (secondary N) is 1. The van der Waals surface area contributed by atoms with Gasteiger partial charge in [0.2, 0.25) is 0 Å². The third-order valence-electron chi connectivity index (χ3n) is 5.96. The van der Waals surface area contributed by atoms with Crippen LogP contribution in [0.3, 0.4) is 0 Å². The number of carboxylic acid groups (broad SMARTS) is 1. The van der Waals surface area contributed by atoms with Crippen LogP contribution in [0.25, 0.3) is 0 Å². The molecule has 1 aliphatic rings. The minimum Gasteiger partial charge on any atom is -0.481 e. The normalized spacial score (nSPS) is 20.4. The maximum absolute atomic E-state index is 13.0. The Morgan fingerprint density at radius 3 is 2.40 bits per heavy atom. The lowest BCUT2D eigenvalue weighted by Crippen LogP contribution is -2.57. The van der Waals surface area contributed by atoms with E-state index in [1.165, 1.54) is 4.90 Å². The lowest BCUT2D eigenvalue weighted by atomic mass is 9.74. The highest BCUT2D eigenvalue weighted by Gasteiger charge is 2.43. The Bertz CT molecular complexity index is 819. The predicted molar refractivity (Wildman–Crippen MR) is 122 cm³/mol. The number of benzene rings is 1. The zero-order valence-corrected chi connectivity index (χ0v) is 19.7. The Balaban J connectivity index is 2.48. The molecule has 0 spiro atoms. The Hall–Kier alpha value is -2.01. The zero-order valence-electron chi connectivity index (χ0n) is 19.0. The topological polar surface area (TPSA) is 69.6 Å². The second kappa shape index (κ2) is 9.86. The molecule has 2 atom stereocenters. The molecule has 0 saturated carbocycles. The van der Waals surface area contributed by atoms with Crippen molar-refractivity contribution in [2.24, 2.45) is 11.8 Å². The molecular weight excluding hydrogens is 400 g/mol. The van der Waals surface area contributed by atoms with E-state index in [1.54, 1.807) is 6.92 Å². The summed E-state index contributed by atoms with van der Waals surface area (Å²) in [6, 6.07) is 5.40. The quantitative estimate of drug-likeness (QED) is 0.503. The van der Waals surface area contributed by atoms with E-state index in [2.05, 4.69) is 45.1 Å². The molecule has 2 N–H and O–H groups in total. The Morgan fingerprint density at radius 2 is 1.90 bits per heavy atom. The number of hydrogen-bond acceptors (Lipinski definition) is 2. The van der Waals surface area contributed by atoms with Crippen LogP contribution in [0.15, 0.2) is 30.0 Å². The summed E-state index contributed by atoms with van der Waals surface area (Å²) < 4.78 is 0. The van der Waals surface area contributed by atoms with Crippen LogP contribution in [-0.4, -0.2) is 28.0 Å². The lowest BCUT2D eigenvalue weighted by molar-refractivity contribution is -0.137. The average molecular weight is 435 g/mol. The molecule has 0 radical (unpaired) electrons. The second-order valence-electron chi connectivity index (χ2n) is 9.02. The number of urea groups is 1. The summed E-state index contributed by atoms with van der Waals surface area (Å²) in [6.07, 6.45) is 4.41. The van der Waals surface area contributed by atoms with Gasteiger partial charge in [0, 0.05) is 17.3 Å². The number of carboxylic acids is 1. The lowest BCUT2D eigenvalue weighted by Gasteiger charge is -2.45. The fraction of sp³-hybridized carbons (Fsp3) is 0.583. The van der Waals surface area contributed by atoms with Gasteiger partial charge >= 0.3 is 12.0 Å². The van der Waals surface area contributed by atoms with Gasteiger partial charge in [0.25, 0.3) is 0 Å². The number of halogens is 1. The zero-order chi connectivity index (χ0) is 22.6. The van der Waals surface area contributed by atoms with Gasteiger partial charge in [0.15, 0.2) is 0 Å². The molecule has 1 heterocycles. The van der Waals surface area contributed by atoms with E-state index in [9.17, 15) is 9.59 Å². The molecule has 1 aromatic carbocycles. The van der Waals surface area contributed by atoms with Gasteiger partial charge in [0.1, 0.15) is 0 Å². The highest BCUT2D eigenvalue weighted by Crippen LogP contribution is 2.41. The molecule has 2 amide bonds. The molecule has 1 unspecified atom stereocenters. The van der Waals surface area contributed by atoms with E-state index in [1.807, 2.05) is 19.2 Å². The number of hydrogen-bond donors (Lipinski definition) is 2. The van der Waals surface area contributed by atoms with E-state index >= 15 is 0 Å². The van der Waals surface area contributed by atoms with Crippen molar-refractivity contribution in [3.05, 3.63) is 46.1 Å². The number of aryl methyl sites for hydroxylation is 1. The van der Waals surface area contributed by atoms with Crippen LogP contribution in [0, 0.1) is 11.8 Å². The first-order valence-electron chi connectivity index (χ1n) is 10.8. The van der Waals surface area contributed by atoms with E-state index < -0.39 is 17.6 Å². The molecule has 5 nitrogen and oxygen atoms in total. The number of rotatable bonds is 9. The van der Waals surface area contributed by atoms with Crippen LogP contribution < -0.4 is 5.32 Å². The third-order valence-corrected chi connectivity index (χ3v) is 6.31. The minimum absolute atomic E-state index is 0.106. The highest BCUT2D eigenvalue weighted by atomic mass is 35.5. The summed E-state index contributed by atoms with van der Waals surface area (Å²) in [5.74, 6) is -0.162. The summed E-state index contributed by atoms with van der Waals surface area (Å²) in [6.45, 7) is 12.4. The van der Waals surface area contributed by atoms with Crippen molar-refractivity contribution in [2.45, 2.75) is 78.8 Å². The van der Waals surface area contributed by atoms with Crippen LogP contribution in [0.5, 0.6) is 0 Å². The van der Waals surface area contributed by atoms with Crippen molar-refractivity contribution in [3.63, 3.8) is 0 Å². The Morgan fingerprint density at radius 1 is 1.23 bits per heavy atom. The van der Waals surface area contributed by atoms with Crippen molar-refractivity contribution >= 4 is 23.6 Å². The summed E-state index contributed by atoms with van der Waals surface area (Å²) in [7, 11) is 0. The largest absolute Gasteiger partial charge is 0.481 e. The first-order valence-corrected chi connectivity index (χ1v) is 11.2. The van der Waals surface area contributed by atoms with Gasteiger partial charge in [-0.25, -0.2) is 4.79 Å². The highest BCUT2D eigenvalue weighted by molar-refractivity contribution is 6.31. The first kappa shape index (κ1) is 24.3. The van der Waals surface area contributed by atoms with Crippen LogP contribution in [0.4, 0.5) is 4.79 Å². The second-order valence-corrected chi connectivity index (χ2v) is 9.43. The summed E-state index contributed by atoms with van der Waals surface area (Å²) in [5, 5.41) is 13.1. The van der Waals surface area contributed by atoms with Crippen LogP contribution >= 0.6 is 11.6 Å². The molecule has 1 aliphatic heterocycles. The molecular formula is C24H35ClN2O3. The molecule has 1 aromatic rings. The van der Waals surface area contributed by atoms with Crippen LogP contribution in [0.2, 0.25) is 5.02 Å². The summed E-state index contributed by atoms with van der Waals surface area (Å²) in [5.41, 5.74) is 2.47. The maximum atomic E-state index is 13.0. The van der Waals surface area contributed by atoms with E-state index in [0.29, 0.717) is 12.3 Å². The summed E-state index contributed by atoms with van der Waals surface area (Å²) in [4.78, 5) is 25.7. The van der Waals surface area contributed by atoms with E-state index in [0.717, 1.165) is 34.6 Å². The standard InChI is InChI=1S/C24H35ClN2O3/c1-7-24(19-11-10-18(21(25)13-19)9-8-15(2)3)20(16(4)5)14-27(23(30)26-24)17(6)12-22(28)29/h10-11,13-17H,7-9,12H2,1-6H3,(H,26,30)(H,28,29)/t17?,24-/m0/s1. The molecule has 0 saturated heterocycles. The molecule has 6 heteroatoms. The van der Waals surface area contributed by atoms with Crippen molar-refractivity contribution in [2.75, 3.05) is 0 Å². The van der Waals surface area contributed by atoms with Crippen molar-refractivity contribution in [1.29, 1.82) is 0 Å². The fourth-order valence-corrected chi connectivity index (χ4v) is 4.43. The number of carbonyl (C=O) groups is 2. The molecule has 0 bridgehead atoms. The fourth-order valence-electron chi connectivity index (χ4n) is 4.15. The van der Waals surface area contributed by atoms with E-state index in [4.69, 9.17) is 16.7 Å². The van der Waals surface area contributed by atoms with Crippen molar-refractivity contribution in [1.82, 2.24) is 10.2 Å². The van der Waals surface area contributed by atoms with Crippen LogP contribution in [0.1, 0.15) is 71.9 Å². The number of carbonyl (C=O) groups excluding carboxylic acids is 1. The maximum Gasteiger partial charge on any atom is 0.322 e. The molecule has 30 heavy (non-hydrogen) atoms. The number of nitrogens with zero attached hydrogens (tertiary/aromatic N) is 1. The monoisotopic (exact) mass is 434 g/mol. The van der Waals surface area contributed by atoms with E-state index in [-0.39, 0.29) is 18.4 Å². The Kier molecular flexibility index (Phi) is 7.98. The predicted octanol–water partition coefficient (Wildman–Crippen LogP) is 5.96. The van der Waals surface area contributed by atoms with Crippen LogP contribution in [-0.2, 0) is 16.8 Å². The van der Waals surface area contributed by atoms with Gasteiger partial charge in [-0.15, -0.1) is 0 Å². The number of aliphatic carboxylic acids is 1. The SMILES string of the molecule is CC[C@@]1(c2ccc(CCC(C)C)c(Cl)c2)NC(=O)N(C(C)CC(=O)O)C=C1C(C)C. The molecule has 0 fully saturated rings.